The number of carbonyl (C=O) groups is 1. The molecule has 4 rings (SSSR count). The summed E-state index contributed by atoms with van der Waals surface area (Å²) in [6.45, 7) is 2.69. The van der Waals surface area contributed by atoms with Crippen LogP contribution in [0, 0.1) is 0 Å². The second-order valence-corrected chi connectivity index (χ2v) is 6.47. The Morgan fingerprint density at radius 3 is 2.61 bits per heavy atom. The number of likely N-dealkylation sites (tertiary alicyclic amines) is 2. The van der Waals surface area contributed by atoms with Gasteiger partial charge in [-0.2, -0.15) is 0 Å². The van der Waals surface area contributed by atoms with E-state index in [9.17, 15) is 4.79 Å². The van der Waals surface area contributed by atoms with Gasteiger partial charge in [-0.1, -0.05) is 36.4 Å². The molecule has 2 saturated heterocycles. The maximum absolute atomic E-state index is 12.5. The quantitative estimate of drug-likeness (QED) is 0.870. The number of hydrogen-bond acceptors (Lipinski definition) is 3. The molecule has 2 fully saturated rings. The summed E-state index contributed by atoms with van der Waals surface area (Å²) in [4.78, 5) is 21.2. The first kappa shape index (κ1) is 14.4. The predicted octanol–water partition coefficient (Wildman–Crippen LogP) is 2.46. The third kappa shape index (κ3) is 2.86. The van der Waals surface area contributed by atoms with Crippen LogP contribution >= 0.6 is 0 Å². The lowest BCUT2D eigenvalue weighted by Crippen LogP contribution is -2.36. The van der Waals surface area contributed by atoms with Gasteiger partial charge in [0.05, 0.1) is 0 Å². The van der Waals surface area contributed by atoms with Crippen molar-refractivity contribution in [2.45, 2.75) is 38.0 Å². The van der Waals surface area contributed by atoms with Crippen molar-refractivity contribution in [2.75, 3.05) is 6.54 Å². The van der Waals surface area contributed by atoms with Crippen molar-refractivity contribution in [3.05, 3.63) is 66.0 Å². The minimum absolute atomic E-state index is 0.291. The van der Waals surface area contributed by atoms with E-state index in [4.69, 9.17) is 0 Å². The summed E-state index contributed by atoms with van der Waals surface area (Å²) in [5.74, 6) is 0.291. The molecule has 4 nitrogen and oxygen atoms in total. The molecule has 1 aromatic carbocycles. The molecule has 1 amide bonds. The number of nitrogens with zero attached hydrogens (tertiary/aromatic N) is 3. The molecule has 2 atom stereocenters. The number of fused-ring (bicyclic) bond motifs is 1. The van der Waals surface area contributed by atoms with E-state index in [-0.39, 0.29) is 0 Å². The molecule has 2 aliphatic rings. The Labute approximate surface area is 136 Å². The van der Waals surface area contributed by atoms with Gasteiger partial charge in [0, 0.05) is 50.5 Å². The standard InChI is InChI=1S/C19H21N3O/c23-19-11-18-17(22(19)14-15-5-2-1-3-6-15)8-10-21(18)13-16-7-4-9-20-12-16/h1-7,9,12,17-18H,8,10-11,13-14H2/t17-,18-/m0/s1. The summed E-state index contributed by atoms with van der Waals surface area (Å²) in [6, 6.07) is 15.1. The van der Waals surface area contributed by atoms with Crippen LogP contribution in [0.3, 0.4) is 0 Å². The molecule has 1 aromatic heterocycles. The lowest BCUT2D eigenvalue weighted by Gasteiger charge is -2.25. The van der Waals surface area contributed by atoms with Crippen molar-refractivity contribution in [3.8, 4) is 0 Å². The Morgan fingerprint density at radius 1 is 1.00 bits per heavy atom. The van der Waals surface area contributed by atoms with E-state index < -0.39 is 0 Å². The fraction of sp³-hybridized carbons (Fsp3) is 0.368. The number of amides is 1. The minimum Gasteiger partial charge on any atom is -0.334 e. The third-order valence-electron chi connectivity index (χ3n) is 5.03. The zero-order valence-corrected chi connectivity index (χ0v) is 13.1. The highest BCUT2D eigenvalue weighted by molar-refractivity contribution is 5.80. The normalized spacial score (nSPS) is 24.2. The molecule has 2 aliphatic heterocycles. The number of aromatic nitrogens is 1. The van der Waals surface area contributed by atoms with Gasteiger partial charge >= 0.3 is 0 Å². The lowest BCUT2D eigenvalue weighted by atomic mass is 10.1. The molecule has 23 heavy (non-hydrogen) atoms. The van der Waals surface area contributed by atoms with Crippen molar-refractivity contribution in [1.82, 2.24) is 14.8 Å². The maximum atomic E-state index is 12.5. The summed E-state index contributed by atoms with van der Waals surface area (Å²) < 4.78 is 0. The van der Waals surface area contributed by atoms with Gasteiger partial charge in [-0.25, -0.2) is 0 Å². The van der Waals surface area contributed by atoms with Gasteiger partial charge in [0.2, 0.25) is 5.91 Å². The van der Waals surface area contributed by atoms with Gasteiger partial charge in [0.15, 0.2) is 0 Å². The van der Waals surface area contributed by atoms with Crippen LogP contribution in [-0.2, 0) is 17.9 Å². The lowest BCUT2D eigenvalue weighted by molar-refractivity contribution is -0.129. The van der Waals surface area contributed by atoms with Crippen LogP contribution < -0.4 is 0 Å². The minimum atomic E-state index is 0.291. The first-order valence-electron chi connectivity index (χ1n) is 8.27. The van der Waals surface area contributed by atoms with Crippen molar-refractivity contribution in [2.24, 2.45) is 0 Å². The van der Waals surface area contributed by atoms with Gasteiger partial charge in [0.25, 0.3) is 0 Å². The van der Waals surface area contributed by atoms with Gasteiger partial charge in [-0.3, -0.25) is 14.7 Å². The zero-order chi connectivity index (χ0) is 15.6. The average Bonchev–Trinajstić information content (AvgIpc) is 3.10. The molecule has 0 spiro atoms. The first-order valence-corrected chi connectivity index (χ1v) is 8.27. The van der Waals surface area contributed by atoms with Crippen LogP contribution in [0.4, 0.5) is 0 Å². The summed E-state index contributed by atoms with van der Waals surface area (Å²) in [5, 5.41) is 0. The Kier molecular flexibility index (Phi) is 3.83. The molecule has 0 saturated carbocycles. The van der Waals surface area contributed by atoms with Crippen LogP contribution in [0.15, 0.2) is 54.9 Å². The van der Waals surface area contributed by atoms with Crippen LogP contribution in [-0.4, -0.2) is 39.3 Å². The highest BCUT2D eigenvalue weighted by Gasteiger charge is 2.46. The van der Waals surface area contributed by atoms with Gasteiger partial charge in [0.1, 0.15) is 0 Å². The maximum Gasteiger partial charge on any atom is 0.224 e. The SMILES string of the molecule is O=C1C[C@H]2[C@H](CCN2Cc2cccnc2)N1Cc1ccccc1. The number of pyridine rings is 1. The number of benzene rings is 1. The van der Waals surface area contributed by atoms with E-state index in [0.29, 0.717) is 24.4 Å². The molecular weight excluding hydrogens is 286 g/mol. The second-order valence-electron chi connectivity index (χ2n) is 6.47. The Hall–Kier alpha value is -2.20. The average molecular weight is 307 g/mol. The van der Waals surface area contributed by atoms with Crippen molar-refractivity contribution < 1.29 is 4.79 Å². The Balaban J connectivity index is 1.47. The highest BCUT2D eigenvalue weighted by atomic mass is 16.2. The van der Waals surface area contributed by atoms with E-state index in [1.54, 1.807) is 6.20 Å². The van der Waals surface area contributed by atoms with E-state index in [1.807, 2.05) is 30.5 Å². The number of carbonyl (C=O) groups excluding carboxylic acids is 1. The fourth-order valence-corrected chi connectivity index (χ4v) is 3.92. The van der Waals surface area contributed by atoms with E-state index >= 15 is 0 Å². The van der Waals surface area contributed by atoms with Crippen LogP contribution in [0.1, 0.15) is 24.0 Å². The van der Waals surface area contributed by atoms with E-state index in [0.717, 1.165) is 26.1 Å². The van der Waals surface area contributed by atoms with Crippen molar-refractivity contribution >= 4 is 5.91 Å². The number of rotatable bonds is 4. The second kappa shape index (κ2) is 6.13. The summed E-state index contributed by atoms with van der Waals surface area (Å²) in [6.07, 6.45) is 5.45. The molecule has 0 bridgehead atoms. The third-order valence-corrected chi connectivity index (χ3v) is 5.03. The van der Waals surface area contributed by atoms with E-state index in [1.165, 1.54) is 11.1 Å². The first-order chi connectivity index (χ1) is 11.3. The molecule has 0 aliphatic carbocycles. The summed E-state index contributed by atoms with van der Waals surface area (Å²) in [7, 11) is 0. The monoisotopic (exact) mass is 307 g/mol. The topological polar surface area (TPSA) is 36.4 Å². The molecule has 2 aromatic rings. The predicted molar refractivity (Wildman–Crippen MR) is 88.4 cm³/mol. The fourth-order valence-electron chi connectivity index (χ4n) is 3.92. The molecule has 118 valence electrons. The van der Waals surface area contributed by atoms with Crippen LogP contribution in [0.5, 0.6) is 0 Å². The molecule has 3 heterocycles. The van der Waals surface area contributed by atoms with Gasteiger partial charge in [-0.15, -0.1) is 0 Å². The van der Waals surface area contributed by atoms with Gasteiger partial charge < -0.3 is 4.90 Å². The van der Waals surface area contributed by atoms with Crippen LogP contribution in [0.25, 0.3) is 0 Å². The smallest absolute Gasteiger partial charge is 0.224 e. The summed E-state index contributed by atoms with van der Waals surface area (Å²) in [5.41, 5.74) is 2.44. The van der Waals surface area contributed by atoms with Gasteiger partial charge in [-0.05, 0) is 23.6 Å². The molecular formula is C19H21N3O. The molecule has 4 heteroatoms. The summed E-state index contributed by atoms with van der Waals surface area (Å²) >= 11 is 0. The molecule has 0 radical (unpaired) electrons. The molecule has 0 unspecified atom stereocenters. The van der Waals surface area contributed by atoms with E-state index in [2.05, 4.69) is 33.0 Å². The van der Waals surface area contributed by atoms with Crippen molar-refractivity contribution in [1.29, 1.82) is 0 Å². The largest absolute Gasteiger partial charge is 0.334 e. The van der Waals surface area contributed by atoms with Crippen molar-refractivity contribution in [3.63, 3.8) is 0 Å². The Morgan fingerprint density at radius 2 is 1.83 bits per heavy atom. The number of hydrogen-bond donors (Lipinski definition) is 0. The van der Waals surface area contributed by atoms with Crippen LogP contribution in [0.2, 0.25) is 0 Å². The zero-order valence-electron chi connectivity index (χ0n) is 13.1. The Bertz CT molecular complexity index is 674. The highest BCUT2D eigenvalue weighted by Crippen LogP contribution is 2.34. The molecule has 0 N–H and O–H groups in total.